The predicted octanol–water partition coefficient (Wildman–Crippen LogP) is 0.267. The molecule has 1 fully saturated rings. The summed E-state index contributed by atoms with van der Waals surface area (Å²) in [5.74, 6) is 0.448. The van der Waals surface area contributed by atoms with Gasteiger partial charge in [-0.2, -0.15) is 0 Å². The van der Waals surface area contributed by atoms with Crippen LogP contribution in [0.5, 0.6) is 0 Å². The fourth-order valence-electron chi connectivity index (χ4n) is 2.14. The lowest BCUT2D eigenvalue weighted by molar-refractivity contribution is -0.143. The minimum Gasteiger partial charge on any atom is -0.384 e. The fourth-order valence-corrected chi connectivity index (χ4v) is 2.14. The average molecular weight is 267 g/mol. The molecule has 0 aromatic carbocycles. The highest BCUT2D eigenvalue weighted by Gasteiger charge is 2.27. The van der Waals surface area contributed by atoms with Crippen molar-refractivity contribution in [2.45, 2.75) is 18.9 Å². The van der Waals surface area contributed by atoms with Crippen LogP contribution in [0.25, 0.3) is 0 Å². The normalized spacial score (nSPS) is 21.8. The van der Waals surface area contributed by atoms with Gasteiger partial charge in [-0.1, -0.05) is 0 Å². The number of piperidine rings is 1. The molecule has 0 aromatic heterocycles. The van der Waals surface area contributed by atoms with Crippen molar-refractivity contribution >= 4 is 18.3 Å². The summed E-state index contributed by atoms with van der Waals surface area (Å²) in [6, 6.07) is 0. The smallest absolute Gasteiger partial charge is 0.253 e. The predicted molar refractivity (Wildman–Crippen MR) is 68.3 cm³/mol. The second-order valence-electron chi connectivity index (χ2n) is 4.21. The molecule has 0 aliphatic carbocycles. The summed E-state index contributed by atoms with van der Waals surface area (Å²) in [6.45, 7) is 2.51. The van der Waals surface area contributed by atoms with E-state index in [9.17, 15) is 4.79 Å². The first-order valence-electron chi connectivity index (χ1n) is 5.73. The van der Waals surface area contributed by atoms with E-state index >= 15 is 0 Å². The Morgan fingerprint density at radius 2 is 2.24 bits per heavy atom. The van der Waals surface area contributed by atoms with Crippen molar-refractivity contribution in [2.24, 2.45) is 11.7 Å². The van der Waals surface area contributed by atoms with Gasteiger partial charge in [-0.3, -0.25) is 4.79 Å². The summed E-state index contributed by atoms with van der Waals surface area (Å²) in [7, 11) is 3.21. The summed E-state index contributed by atoms with van der Waals surface area (Å²) in [5.41, 5.74) is 5.49. The van der Waals surface area contributed by atoms with E-state index in [0.29, 0.717) is 12.5 Å². The Balaban J connectivity index is 0.00000256. The molecule has 1 aliphatic heterocycles. The molecule has 17 heavy (non-hydrogen) atoms. The minimum absolute atomic E-state index is 0. The molecule has 1 heterocycles. The topological polar surface area (TPSA) is 64.8 Å². The summed E-state index contributed by atoms with van der Waals surface area (Å²) in [4.78, 5) is 13.8. The number of ether oxygens (including phenoxy) is 2. The van der Waals surface area contributed by atoms with Crippen molar-refractivity contribution in [3.05, 3.63) is 0 Å². The van der Waals surface area contributed by atoms with Gasteiger partial charge in [-0.25, -0.2) is 0 Å². The Hall–Kier alpha value is -0.360. The lowest BCUT2D eigenvalue weighted by Crippen LogP contribution is -2.48. The van der Waals surface area contributed by atoms with E-state index in [4.69, 9.17) is 15.2 Å². The van der Waals surface area contributed by atoms with E-state index in [0.717, 1.165) is 25.9 Å². The van der Waals surface area contributed by atoms with Crippen LogP contribution in [0.1, 0.15) is 12.8 Å². The monoisotopic (exact) mass is 266 g/mol. The molecule has 0 spiro atoms. The first kappa shape index (κ1) is 16.6. The van der Waals surface area contributed by atoms with E-state index < -0.39 is 6.10 Å². The Labute approximate surface area is 109 Å². The molecule has 5 nitrogen and oxygen atoms in total. The number of nitrogens with two attached hydrogens (primary N) is 1. The third kappa shape index (κ3) is 4.79. The Morgan fingerprint density at radius 1 is 1.53 bits per heavy atom. The van der Waals surface area contributed by atoms with E-state index in [1.807, 2.05) is 4.90 Å². The third-order valence-electron chi connectivity index (χ3n) is 3.01. The van der Waals surface area contributed by atoms with Crippen molar-refractivity contribution in [1.29, 1.82) is 0 Å². The second-order valence-corrected chi connectivity index (χ2v) is 4.21. The summed E-state index contributed by atoms with van der Waals surface area (Å²) >= 11 is 0. The number of rotatable bonds is 5. The lowest BCUT2D eigenvalue weighted by Gasteiger charge is -2.34. The summed E-state index contributed by atoms with van der Waals surface area (Å²) in [6.07, 6.45) is 1.65. The minimum atomic E-state index is -0.499. The number of hydrogen-bond acceptors (Lipinski definition) is 4. The second kappa shape index (κ2) is 8.69. The Morgan fingerprint density at radius 3 is 2.76 bits per heavy atom. The zero-order chi connectivity index (χ0) is 12.0. The van der Waals surface area contributed by atoms with E-state index in [-0.39, 0.29) is 24.9 Å². The van der Waals surface area contributed by atoms with Crippen LogP contribution in [-0.4, -0.2) is 57.4 Å². The molecule has 1 amide bonds. The van der Waals surface area contributed by atoms with Gasteiger partial charge in [0.2, 0.25) is 0 Å². The number of amides is 1. The van der Waals surface area contributed by atoms with E-state index in [1.165, 1.54) is 7.11 Å². The molecule has 1 saturated heterocycles. The molecule has 0 aromatic rings. The number of methoxy groups -OCH3 is 2. The molecule has 102 valence electrons. The highest BCUT2D eigenvalue weighted by Crippen LogP contribution is 2.17. The molecule has 2 N–H and O–H groups in total. The maximum absolute atomic E-state index is 12.0. The number of carbonyl (C=O) groups excluding carboxylic acids is 1. The molecule has 1 rings (SSSR count). The highest BCUT2D eigenvalue weighted by molar-refractivity contribution is 5.85. The van der Waals surface area contributed by atoms with E-state index in [2.05, 4.69) is 0 Å². The largest absolute Gasteiger partial charge is 0.384 e. The average Bonchev–Trinajstić information content (AvgIpc) is 2.31. The van der Waals surface area contributed by atoms with Crippen LogP contribution < -0.4 is 5.73 Å². The third-order valence-corrected chi connectivity index (χ3v) is 3.01. The fraction of sp³-hybridized carbons (Fsp3) is 0.909. The van der Waals surface area contributed by atoms with Crippen molar-refractivity contribution in [3.63, 3.8) is 0 Å². The molecular formula is C11H23ClN2O3. The van der Waals surface area contributed by atoms with Gasteiger partial charge in [0.25, 0.3) is 5.91 Å². The Bertz CT molecular complexity index is 223. The first-order valence-corrected chi connectivity index (χ1v) is 5.73. The van der Waals surface area contributed by atoms with Crippen LogP contribution >= 0.6 is 12.4 Å². The number of nitrogens with zero attached hydrogens (tertiary/aromatic N) is 1. The van der Waals surface area contributed by atoms with Crippen LogP contribution in [-0.2, 0) is 14.3 Å². The number of hydrogen-bond donors (Lipinski definition) is 1. The SMILES string of the molecule is COCC1CCCN(C(=O)C(CN)OC)C1.Cl. The van der Waals surface area contributed by atoms with Crippen LogP contribution in [0.3, 0.4) is 0 Å². The van der Waals surface area contributed by atoms with E-state index in [1.54, 1.807) is 7.11 Å². The standard InChI is InChI=1S/C11H22N2O3.ClH/c1-15-8-9-4-3-5-13(7-9)11(14)10(6-12)16-2;/h9-10H,3-8,12H2,1-2H3;1H. The summed E-state index contributed by atoms with van der Waals surface area (Å²) < 4.78 is 10.2. The molecule has 0 bridgehead atoms. The molecule has 2 atom stereocenters. The van der Waals surface area contributed by atoms with Gasteiger partial charge in [0.1, 0.15) is 6.10 Å². The maximum atomic E-state index is 12.0. The van der Waals surface area contributed by atoms with Crippen LogP contribution in [0.2, 0.25) is 0 Å². The molecular weight excluding hydrogens is 244 g/mol. The van der Waals surface area contributed by atoms with Gasteiger partial charge in [-0.05, 0) is 18.8 Å². The first-order chi connectivity index (χ1) is 7.72. The van der Waals surface area contributed by atoms with Gasteiger partial charge in [0, 0.05) is 33.9 Å². The van der Waals surface area contributed by atoms with Gasteiger partial charge >= 0.3 is 0 Å². The van der Waals surface area contributed by atoms with Crippen LogP contribution in [0.15, 0.2) is 0 Å². The molecule has 2 unspecified atom stereocenters. The van der Waals surface area contributed by atoms with Crippen molar-refractivity contribution in [1.82, 2.24) is 4.90 Å². The molecule has 0 radical (unpaired) electrons. The molecule has 0 saturated carbocycles. The number of halogens is 1. The van der Waals surface area contributed by atoms with Crippen LogP contribution in [0.4, 0.5) is 0 Å². The molecule has 1 aliphatic rings. The molecule has 6 heteroatoms. The Kier molecular flexibility index (Phi) is 8.51. The van der Waals surface area contributed by atoms with Crippen molar-refractivity contribution in [3.8, 4) is 0 Å². The van der Waals surface area contributed by atoms with Gasteiger partial charge < -0.3 is 20.1 Å². The quantitative estimate of drug-likeness (QED) is 0.776. The highest BCUT2D eigenvalue weighted by atomic mass is 35.5. The maximum Gasteiger partial charge on any atom is 0.253 e. The zero-order valence-corrected chi connectivity index (χ0v) is 11.4. The van der Waals surface area contributed by atoms with Gasteiger partial charge in [0.15, 0.2) is 0 Å². The van der Waals surface area contributed by atoms with Gasteiger partial charge in [0.05, 0.1) is 6.61 Å². The van der Waals surface area contributed by atoms with Gasteiger partial charge in [-0.15, -0.1) is 12.4 Å². The van der Waals surface area contributed by atoms with Crippen molar-refractivity contribution < 1.29 is 14.3 Å². The van der Waals surface area contributed by atoms with Crippen LogP contribution in [0, 0.1) is 5.92 Å². The zero-order valence-electron chi connectivity index (χ0n) is 10.6. The summed E-state index contributed by atoms with van der Waals surface area (Å²) in [5, 5.41) is 0. The number of likely N-dealkylation sites (tertiary alicyclic amines) is 1. The number of carbonyl (C=O) groups is 1. The van der Waals surface area contributed by atoms with Crippen molar-refractivity contribution in [2.75, 3.05) is 40.5 Å². The lowest BCUT2D eigenvalue weighted by atomic mass is 9.98.